The number of likely N-dealkylation sites (N-methyl/N-ethyl adjacent to an activating group) is 1. The number of nitrogens with zero attached hydrogens (tertiary/aromatic N) is 3. The topological polar surface area (TPSA) is 91.8 Å². The third-order valence-electron chi connectivity index (χ3n) is 5.25. The van der Waals surface area contributed by atoms with Gasteiger partial charge in [0.15, 0.2) is 0 Å². The molecule has 7 nitrogen and oxygen atoms in total. The SMILES string of the molecule is CCOC(=O)C1=C(C)OC(N)=C(C#N)C1c1ccc(Br)cc1N1CCN(C)CC1. The Morgan fingerprint density at radius 3 is 2.69 bits per heavy atom. The molecule has 0 saturated carbocycles. The second-order valence-electron chi connectivity index (χ2n) is 7.11. The van der Waals surface area contributed by atoms with Crippen molar-refractivity contribution in [1.82, 2.24) is 4.90 Å². The maximum Gasteiger partial charge on any atom is 0.338 e. The highest BCUT2D eigenvalue weighted by molar-refractivity contribution is 9.10. The van der Waals surface area contributed by atoms with Gasteiger partial charge in [-0.3, -0.25) is 0 Å². The fourth-order valence-electron chi connectivity index (χ4n) is 3.75. The van der Waals surface area contributed by atoms with Crippen molar-refractivity contribution in [3.8, 4) is 6.07 Å². The lowest BCUT2D eigenvalue weighted by atomic mass is 9.82. The fourth-order valence-corrected chi connectivity index (χ4v) is 4.10. The maximum atomic E-state index is 12.8. The zero-order chi connectivity index (χ0) is 21.1. The molecule has 2 heterocycles. The van der Waals surface area contributed by atoms with Gasteiger partial charge in [0.05, 0.1) is 18.1 Å². The average Bonchev–Trinajstić information content (AvgIpc) is 2.68. The minimum absolute atomic E-state index is 0.0234. The highest BCUT2D eigenvalue weighted by Crippen LogP contribution is 2.44. The smallest absolute Gasteiger partial charge is 0.338 e. The minimum atomic E-state index is -0.643. The maximum absolute atomic E-state index is 12.8. The molecule has 0 radical (unpaired) electrons. The number of nitriles is 1. The molecule has 2 aliphatic rings. The van der Waals surface area contributed by atoms with Crippen LogP contribution in [0, 0.1) is 11.3 Å². The summed E-state index contributed by atoms with van der Waals surface area (Å²) in [6.07, 6.45) is 0. The van der Waals surface area contributed by atoms with E-state index in [-0.39, 0.29) is 18.1 Å². The van der Waals surface area contributed by atoms with Crippen LogP contribution in [-0.2, 0) is 14.3 Å². The lowest BCUT2D eigenvalue weighted by Gasteiger charge is -2.37. The van der Waals surface area contributed by atoms with Crippen LogP contribution in [0.1, 0.15) is 25.3 Å². The van der Waals surface area contributed by atoms with Gasteiger partial charge in [-0.25, -0.2) is 4.79 Å². The van der Waals surface area contributed by atoms with Crippen LogP contribution in [0.5, 0.6) is 0 Å². The Morgan fingerprint density at radius 2 is 2.07 bits per heavy atom. The van der Waals surface area contributed by atoms with Gasteiger partial charge in [0.1, 0.15) is 17.4 Å². The van der Waals surface area contributed by atoms with E-state index >= 15 is 0 Å². The summed E-state index contributed by atoms with van der Waals surface area (Å²) in [5.74, 6) is -0.759. The van der Waals surface area contributed by atoms with E-state index < -0.39 is 11.9 Å². The zero-order valence-electron chi connectivity index (χ0n) is 16.9. The largest absolute Gasteiger partial charge is 0.463 e. The molecule has 0 amide bonds. The van der Waals surface area contributed by atoms with Crippen LogP contribution in [-0.4, -0.2) is 50.7 Å². The summed E-state index contributed by atoms with van der Waals surface area (Å²) < 4.78 is 11.7. The Hall–Kier alpha value is -2.50. The molecule has 1 unspecified atom stereocenters. The second-order valence-corrected chi connectivity index (χ2v) is 8.02. The van der Waals surface area contributed by atoms with E-state index in [2.05, 4.69) is 38.8 Å². The molecule has 1 aromatic rings. The van der Waals surface area contributed by atoms with Gasteiger partial charge < -0.3 is 25.0 Å². The molecule has 0 spiro atoms. The highest BCUT2D eigenvalue weighted by Gasteiger charge is 2.38. The van der Waals surface area contributed by atoms with Gasteiger partial charge in [0, 0.05) is 36.3 Å². The number of benzene rings is 1. The number of halogens is 1. The predicted molar refractivity (Wildman–Crippen MR) is 114 cm³/mol. The third-order valence-corrected chi connectivity index (χ3v) is 5.74. The number of nitrogens with two attached hydrogens (primary N) is 1. The number of hydrogen-bond donors (Lipinski definition) is 1. The van der Waals surface area contributed by atoms with Gasteiger partial charge >= 0.3 is 5.97 Å². The number of esters is 1. The first-order valence-electron chi connectivity index (χ1n) is 9.55. The van der Waals surface area contributed by atoms with Gasteiger partial charge in [0.25, 0.3) is 0 Å². The quantitative estimate of drug-likeness (QED) is 0.690. The number of allylic oxidation sites excluding steroid dienone is 2. The lowest BCUT2D eigenvalue weighted by molar-refractivity contribution is -0.139. The number of hydrogen-bond acceptors (Lipinski definition) is 7. The highest BCUT2D eigenvalue weighted by atomic mass is 79.9. The molecule has 2 aliphatic heterocycles. The molecule has 29 heavy (non-hydrogen) atoms. The Morgan fingerprint density at radius 1 is 1.38 bits per heavy atom. The van der Waals surface area contributed by atoms with Crippen LogP contribution >= 0.6 is 15.9 Å². The number of carbonyl (C=O) groups excluding carboxylic acids is 1. The van der Waals surface area contributed by atoms with Crippen molar-refractivity contribution in [3.63, 3.8) is 0 Å². The molecule has 154 valence electrons. The predicted octanol–water partition coefficient (Wildman–Crippen LogP) is 2.85. The van der Waals surface area contributed by atoms with E-state index in [1.807, 2.05) is 18.2 Å². The van der Waals surface area contributed by atoms with Crippen molar-refractivity contribution in [3.05, 3.63) is 51.0 Å². The molecule has 0 aliphatic carbocycles. The molecule has 1 fully saturated rings. The molecule has 1 atom stereocenters. The van der Waals surface area contributed by atoms with Gasteiger partial charge in [0.2, 0.25) is 5.88 Å². The van der Waals surface area contributed by atoms with Crippen LogP contribution in [0.25, 0.3) is 0 Å². The van der Waals surface area contributed by atoms with Gasteiger partial charge in [-0.15, -0.1) is 0 Å². The summed E-state index contributed by atoms with van der Waals surface area (Å²) in [6.45, 7) is 7.22. The van der Waals surface area contributed by atoms with Crippen molar-refractivity contribution in [2.75, 3.05) is 44.7 Å². The number of anilines is 1. The summed E-state index contributed by atoms with van der Waals surface area (Å²) in [6, 6.07) is 8.02. The molecule has 3 rings (SSSR count). The lowest BCUT2D eigenvalue weighted by Crippen LogP contribution is -2.45. The van der Waals surface area contributed by atoms with Crippen molar-refractivity contribution < 1.29 is 14.3 Å². The molecular weight excluding hydrogens is 436 g/mol. The van der Waals surface area contributed by atoms with Crippen molar-refractivity contribution in [1.29, 1.82) is 5.26 Å². The van der Waals surface area contributed by atoms with Crippen LogP contribution in [0.4, 0.5) is 5.69 Å². The molecular formula is C21H25BrN4O3. The molecule has 0 bridgehead atoms. The summed E-state index contributed by atoms with van der Waals surface area (Å²) in [5.41, 5.74) is 8.38. The normalized spacial score (nSPS) is 20.4. The van der Waals surface area contributed by atoms with Crippen molar-refractivity contribution in [2.24, 2.45) is 5.73 Å². The number of ether oxygens (including phenoxy) is 2. The molecule has 0 aromatic heterocycles. The molecule has 1 saturated heterocycles. The summed E-state index contributed by atoms with van der Waals surface area (Å²) in [4.78, 5) is 17.3. The second kappa shape index (κ2) is 8.89. The first kappa shape index (κ1) is 21.2. The first-order chi connectivity index (χ1) is 13.9. The molecule has 1 aromatic carbocycles. The average molecular weight is 461 g/mol. The summed E-state index contributed by atoms with van der Waals surface area (Å²) >= 11 is 3.56. The molecule has 8 heteroatoms. The van der Waals surface area contributed by atoms with Crippen molar-refractivity contribution in [2.45, 2.75) is 19.8 Å². The monoisotopic (exact) mass is 460 g/mol. The van der Waals surface area contributed by atoms with E-state index in [0.29, 0.717) is 11.3 Å². The first-order valence-corrected chi connectivity index (χ1v) is 10.3. The van der Waals surface area contributed by atoms with Crippen LogP contribution in [0.2, 0.25) is 0 Å². The number of piperazine rings is 1. The van der Waals surface area contributed by atoms with E-state index in [9.17, 15) is 10.1 Å². The fraction of sp³-hybridized carbons (Fsp3) is 0.429. The summed E-state index contributed by atoms with van der Waals surface area (Å²) in [5, 5.41) is 9.83. The van der Waals surface area contributed by atoms with E-state index in [1.54, 1.807) is 13.8 Å². The standard InChI is InChI=1S/C21H25BrN4O3/c1-4-28-21(27)18-13(2)29-20(24)16(12-23)19(18)15-6-5-14(22)11-17(15)26-9-7-25(3)8-10-26/h5-6,11,19H,4,7-10,24H2,1-3H3. The van der Waals surface area contributed by atoms with Crippen LogP contribution < -0.4 is 10.6 Å². The van der Waals surface area contributed by atoms with Gasteiger partial charge in [-0.05, 0) is 38.6 Å². The Kier molecular flexibility index (Phi) is 6.50. The van der Waals surface area contributed by atoms with E-state index in [4.69, 9.17) is 15.2 Å². The minimum Gasteiger partial charge on any atom is -0.463 e. The van der Waals surface area contributed by atoms with Gasteiger partial charge in [-0.1, -0.05) is 22.0 Å². The Labute approximate surface area is 179 Å². The van der Waals surface area contributed by atoms with E-state index in [1.165, 1.54) is 0 Å². The third kappa shape index (κ3) is 4.26. The van der Waals surface area contributed by atoms with Crippen molar-refractivity contribution >= 4 is 27.6 Å². The Balaban J connectivity index is 2.16. The van der Waals surface area contributed by atoms with Gasteiger partial charge in [-0.2, -0.15) is 5.26 Å². The van der Waals surface area contributed by atoms with Crippen LogP contribution in [0.3, 0.4) is 0 Å². The number of rotatable bonds is 4. The Bertz CT molecular complexity index is 911. The summed E-state index contributed by atoms with van der Waals surface area (Å²) in [7, 11) is 2.10. The number of carbonyl (C=O) groups is 1. The zero-order valence-corrected chi connectivity index (χ0v) is 18.5. The molecule has 2 N–H and O–H groups in total. The van der Waals surface area contributed by atoms with Crippen LogP contribution in [0.15, 0.2) is 45.5 Å². The van der Waals surface area contributed by atoms with E-state index in [0.717, 1.165) is 41.9 Å².